The van der Waals surface area contributed by atoms with Crippen molar-refractivity contribution in [3.63, 3.8) is 0 Å². The Morgan fingerprint density at radius 3 is 2.49 bits per heavy atom. The number of rotatable bonds is 8. The van der Waals surface area contributed by atoms with Crippen molar-refractivity contribution in [2.24, 2.45) is 0 Å². The Hall–Kier alpha value is -4.99. The highest BCUT2D eigenvalue weighted by molar-refractivity contribution is 6.04. The Morgan fingerprint density at radius 1 is 1.03 bits per heavy atom. The summed E-state index contributed by atoms with van der Waals surface area (Å²) in [5.74, 6) is 0.940. The molecule has 0 aliphatic rings. The lowest BCUT2D eigenvalue weighted by molar-refractivity contribution is 0.102. The number of carbonyl (C=O) groups is 1. The number of hydrogen-bond donors (Lipinski definition) is 1. The molecule has 10 heteroatoms. The van der Waals surface area contributed by atoms with Crippen LogP contribution in [-0.2, 0) is 6.54 Å². The van der Waals surface area contributed by atoms with Gasteiger partial charge in [0.1, 0.15) is 23.0 Å². The average molecular weight is 500 g/mol. The van der Waals surface area contributed by atoms with Crippen LogP contribution in [0.3, 0.4) is 0 Å². The lowest BCUT2D eigenvalue weighted by Crippen LogP contribution is -2.12. The fraction of sp³-hybridized carbons (Fsp3) is 0.111. The van der Waals surface area contributed by atoms with Crippen LogP contribution in [-0.4, -0.2) is 39.8 Å². The molecule has 0 aliphatic carbocycles. The largest absolute Gasteiger partial charge is 0.497 e. The van der Waals surface area contributed by atoms with E-state index in [4.69, 9.17) is 14.0 Å². The van der Waals surface area contributed by atoms with E-state index in [1.165, 1.54) is 26.4 Å². The Bertz CT molecular complexity index is 1520. The number of halogens is 1. The zero-order valence-corrected chi connectivity index (χ0v) is 20.0. The molecule has 0 unspecified atom stereocenters. The van der Waals surface area contributed by atoms with Crippen LogP contribution in [0.4, 0.5) is 10.1 Å². The maximum Gasteiger partial charge on any atom is 0.278 e. The predicted molar refractivity (Wildman–Crippen MR) is 134 cm³/mol. The van der Waals surface area contributed by atoms with Gasteiger partial charge in [-0.15, -0.1) is 0 Å². The van der Waals surface area contributed by atoms with Gasteiger partial charge < -0.3 is 23.9 Å². The zero-order chi connectivity index (χ0) is 25.8. The summed E-state index contributed by atoms with van der Waals surface area (Å²) in [6.07, 6.45) is 3.45. The maximum atomic E-state index is 13.5. The van der Waals surface area contributed by atoms with Gasteiger partial charge in [-0.1, -0.05) is 29.4 Å². The molecule has 0 spiro atoms. The van der Waals surface area contributed by atoms with Gasteiger partial charge in [-0.2, -0.15) is 4.98 Å². The molecule has 0 fully saturated rings. The molecule has 2 heterocycles. The number of nitrogens with zero attached hydrogens (tertiary/aromatic N) is 4. The van der Waals surface area contributed by atoms with E-state index in [-0.39, 0.29) is 23.4 Å². The first-order valence-corrected chi connectivity index (χ1v) is 11.3. The molecular formula is C27H22FN5O4. The van der Waals surface area contributed by atoms with E-state index in [0.717, 1.165) is 5.56 Å². The number of methoxy groups -OCH3 is 2. The first-order chi connectivity index (χ1) is 18.0. The highest BCUT2D eigenvalue weighted by Crippen LogP contribution is 2.24. The van der Waals surface area contributed by atoms with E-state index in [0.29, 0.717) is 40.6 Å². The van der Waals surface area contributed by atoms with Gasteiger partial charge in [0, 0.05) is 35.6 Å². The van der Waals surface area contributed by atoms with E-state index in [1.807, 2.05) is 28.8 Å². The fourth-order valence-electron chi connectivity index (χ4n) is 3.68. The second-order valence-corrected chi connectivity index (χ2v) is 8.12. The minimum Gasteiger partial charge on any atom is -0.497 e. The molecule has 37 heavy (non-hydrogen) atoms. The molecule has 1 N–H and O–H groups in total. The highest BCUT2D eigenvalue weighted by atomic mass is 19.1. The summed E-state index contributed by atoms with van der Waals surface area (Å²) in [4.78, 5) is 21.4. The van der Waals surface area contributed by atoms with Gasteiger partial charge in [0.05, 0.1) is 20.5 Å². The third-order valence-corrected chi connectivity index (χ3v) is 5.55. The van der Waals surface area contributed by atoms with Crippen LogP contribution in [0.2, 0.25) is 0 Å². The molecule has 2 aromatic heterocycles. The average Bonchev–Trinajstić information content (AvgIpc) is 3.59. The second-order valence-electron chi connectivity index (χ2n) is 8.12. The molecule has 0 atom stereocenters. The van der Waals surface area contributed by atoms with Gasteiger partial charge in [-0.25, -0.2) is 9.37 Å². The van der Waals surface area contributed by atoms with E-state index in [1.54, 1.807) is 42.9 Å². The lowest BCUT2D eigenvalue weighted by atomic mass is 10.1. The number of nitrogens with one attached hydrogen (secondary N) is 1. The van der Waals surface area contributed by atoms with Crippen molar-refractivity contribution in [2.45, 2.75) is 6.54 Å². The smallest absolute Gasteiger partial charge is 0.278 e. The molecule has 1 amide bonds. The molecule has 0 radical (unpaired) electrons. The zero-order valence-electron chi connectivity index (χ0n) is 20.0. The molecule has 0 saturated carbocycles. The van der Waals surface area contributed by atoms with Crippen LogP contribution in [0.5, 0.6) is 11.5 Å². The standard InChI is InChI=1S/C27H22FN5O4/c1-35-22-11-19(12-23(13-22)36-2)26(34)30-21-8-6-17(7-9-21)14-33-15-24(29-16-33)27-31-25(32-37-27)18-4-3-5-20(28)10-18/h3-13,15-16H,14H2,1-2H3,(H,30,34). The summed E-state index contributed by atoms with van der Waals surface area (Å²) in [5.41, 5.74) is 3.10. The molecular weight excluding hydrogens is 477 g/mol. The van der Waals surface area contributed by atoms with Crippen molar-refractivity contribution in [3.05, 3.63) is 96.2 Å². The Labute approximate surface area is 211 Å². The number of amides is 1. The summed E-state index contributed by atoms with van der Waals surface area (Å²) in [7, 11) is 3.06. The molecule has 5 aromatic rings. The van der Waals surface area contributed by atoms with Crippen molar-refractivity contribution in [3.8, 4) is 34.5 Å². The molecule has 9 nitrogen and oxygen atoms in total. The van der Waals surface area contributed by atoms with Crippen molar-refractivity contribution in [1.29, 1.82) is 0 Å². The lowest BCUT2D eigenvalue weighted by Gasteiger charge is -2.10. The van der Waals surface area contributed by atoms with Crippen molar-refractivity contribution >= 4 is 11.6 Å². The molecule has 0 aliphatic heterocycles. The van der Waals surface area contributed by atoms with E-state index >= 15 is 0 Å². The van der Waals surface area contributed by atoms with E-state index < -0.39 is 0 Å². The maximum absolute atomic E-state index is 13.5. The minimum atomic E-state index is -0.376. The summed E-state index contributed by atoms with van der Waals surface area (Å²) in [6.45, 7) is 0.541. The van der Waals surface area contributed by atoms with Crippen LogP contribution in [0.1, 0.15) is 15.9 Å². The summed E-state index contributed by atoms with van der Waals surface area (Å²) < 4.78 is 31.1. The summed E-state index contributed by atoms with van der Waals surface area (Å²) in [5, 5.41) is 6.80. The molecule has 3 aromatic carbocycles. The van der Waals surface area contributed by atoms with Crippen LogP contribution in [0.15, 0.2) is 83.8 Å². The number of carbonyl (C=O) groups excluding carboxylic acids is 1. The van der Waals surface area contributed by atoms with Gasteiger partial charge in [-0.3, -0.25) is 4.79 Å². The number of benzene rings is 3. The summed E-state index contributed by atoms with van der Waals surface area (Å²) in [6, 6.07) is 18.5. The van der Waals surface area contributed by atoms with Gasteiger partial charge in [0.25, 0.3) is 11.8 Å². The van der Waals surface area contributed by atoms with Gasteiger partial charge in [0.15, 0.2) is 0 Å². The van der Waals surface area contributed by atoms with Gasteiger partial charge >= 0.3 is 0 Å². The quantitative estimate of drug-likeness (QED) is 0.318. The van der Waals surface area contributed by atoms with E-state index in [9.17, 15) is 9.18 Å². The molecule has 0 bridgehead atoms. The number of hydrogen-bond acceptors (Lipinski definition) is 7. The SMILES string of the molecule is COc1cc(OC)cc(C(=O)Nc2ccc(Cn3cnc(-c4nc(-c5cccc(F)c5)no4)c3)cc2)c1. The number of aromatic nitrogens is 4. The van der Waals surface area contributed by atoms with E-state index in [2.05, 4.69) is 20.4 Å². The topological polar surface area (TPSA) is 104 Å². The second kappa shape index (κ2) is 10.3. The molecule has 5 rings (SSSR count). The molecule has 186 valence electrons. The minimum absolute atomic E-state index is 0.241. The van der Waals surface area contributed by atoms with Crippen molar-refractivity contribution in [1.82, 2.24) is 19.7 Å². The Morgan fingerprint density at radius 2 is 1.78 bits per heavy atom. The van der Waals surface area contributed by atoms with Crippen molar-refractivity contribution < 1.29 is 23.2 Å². The number of anilines is 1. The van der Waals surface area contributed by atoms with Crippen LogP contribution in [0.25, 0.3) is 23.0 Å². The number of imidazole rings is 1. The molecule has 0 saturated heterocycles. The first kappa shape index (κ1) is 23.7. The monoisotopic (exact) mass is 499 g/mol. The summed E-state index contributed by atoms with van der Waals surface area (Å²) >= 11 is 0. The van der Waals surface area contributed by atoms with Crippen molar-refractivity contribution in [2.75, 3.05) is 19.5 Å². The Balaban J connectivity index is 1.23. The normalized spacial score (nSPS) is 10.8. The van der Waals surface area contributed by atoms with Crippen LogP contribution >= 0.6 is 0 Å². The van der Waals surface area contributed by atoms with Gasteiger partial charge in [-0.05, 0) is 42.0 Å². The van der Waals surface area contributed by atoms with Crippen LogP contribution in [0, 0.1) is 5.82 Å². The first-order valence-electron chi connectivity index (χ1n) is 11.3. The highest BCUT2D eigenvalue weighted by Gasteiger charge is 2.14. The fourth-order valence-corrected chi connectivity index (χ4v) is 3.68. The third-order valence-electron chi connectivity index (χ3n) is 5.55. The number of ether oxygens (including phenoxy) is 2. The third kappa shape index (κ3) is 5.48. The van der Waals surface area contributed by atoms with Crippen LogP contribution < -0.4 is 14.8 Å². The Kier molecular flexibility index (Phi) is 6.62. The predicted octanol–water partition coefficient (Wildman–Crippen LogP) is 5.06. The van der Waals surface area contributed by atoms with Gasteiger partial charge in [0.2, 0.25) is 5.82 Å².